The fourth-order valence-electron chi connectivity index (χ4n) is 2.44. The van der Waals surface area contributed by atoms with Crippen LogP contribution in [0.2, 0.25) is 0 Å². The normalized spacial score (nSPS) is 18.1. The molecular formula is C16H23N3O2. The Morgan fingerprint density at radius 1 is 1.24 bits per heavy atom. The van der Waals surface area contributed by atoms with Gasteiger partial charge in [-0.15, -0.1) is 0 Å². The van der Waals surface area contributed by atoms with Crippen LogP contribution in [0, 0.1) is 6.92 Å². The van der Waals surface area contributed by atoms with E-state index < -0.39 is 0 Å². The molecule has 3 N–H and O–H groups in total. The van der Waals surface area contributed by atoms with Gasteiger partial charge in [0, 0.05) is 17.8 Å². The van der Waals surface area contributed by atoms with Crippen LogP contribution in [0.3, 0.4) is 0 Å². The Bertz CT molecular complexity index is 522. The zero-order valence-corrected chi connectivity index (χ0v) is 12.7. The highest BCUT2D eigenvalue weighted by Crippen LogP contribution is 2.24. The van der Waals surface area contributed by atoms with E-state index in [1.54, 1.807) is 0 Å². The van der Waals surface area contributed by atoms with Crippen molar-refractivity contribution in [1.29, 1.82) is 0 Å². The van der Waals surface area contributed by atoms with Crippen molar-refractivity contribution in [3.63, 3.8) is 0 Å². The third-order valence-corrected chi connectivity index (χ3v) is 3.81. The summed E-state index contributed by atoms with van der Waals surface area (Å²) in [6.07, 6.45) is 3.51. The van der Waals surface area contributed by atoms with Gasteiger partial charge < -0.3 is 16.0 Å². The average molecular weight is 289 g/mol. The summed E-state index contributed by atoms with van der Waals surface area (Å²) in [4.78, 5) is 23.8. The minimum Gasteiger partial charge on any atom is -0.326 e. The van der Waals surface area contributed by atoms with Gasteiger partial charge in [-0.05, 0) is 44.0 Å². The number of piperidine rings is 1. The van der Waals surface area contributed by atoms with Crippen molar-refractivity contribution in [2.45, 2.75) is 45.6 Å². The molecule has 0 unspecified atom stereocenters. The van der Waals surface area contributed by atoms with Crippen LogP contribution in [0.4, 0.5) is 11.4 Å². The number of amides is 2. The van der Waals surface area contributed by atoms with Gasteiger partial charge in [0.15, 0.2) is 0 Å². The molecule has 1 heterocycles. The zero-order valence-electron chi connectivity index (χ0n) is 12.7. The lowest BCUT2D eigenvalue weighted by Gasteiger charge is -2.23. The molecule has 1 atom stereocenters. The minimum absolute atomic E-state index is 0.00299. The van der Waals surface area contributed by atoms with Gasteiger partial charge in [-0.2, -0.15) is 0 Å². The molecule has 0 aliphatic carbocycles. The molecule has 1 aliphatic heterocycles. The molecule has 1 aliphatic rings. The Labute approximate surface area is 125 Å². The Kier molecular flexibility index (Phi) is 5.33. The zero-order chi connectivity index (χ0) is 15.2. The fourth-order valence-corrected chi connectivity index (χ4v) is 2.44. The first-order valence-corrected chi connectivity index (χ1v) is 7.55. The average Bonchev–Trinajstić information content (AvgIpc) is 2.52. The molecule has 0 spiro atoms. The van der Waals surface area contributed by atoms with Gasteiger partial charge in [0.1, 0.15) is 0 Å². The van der Waals surface area contributed by atoms with Gasteiger partial charge in [-0.3, -0.25) is 9.59 Å². The standard InChI is InChI=1S/C16H23N3O2/c1-3-15(20)18-12-8-6-9-13(11(12)2)19-16(21)14-7-4-5-10-17-14/h6,8-9,14,17H,3-5,7,10H2,1-2H3,(H,18,20)(H,19,21)/t14-/m0/s1. The van der Waals surface area contributed by atoms with Gasteiger partial charge in [0.2, 0.25) is 11.8 Å². The Morgan fingerprint density at radius 2 is 1.95 bits per heavy atom. The fraction of sp³-hybridized carbons (Fsp3) is 0.500. The van der Waals surface area contributed by atoms with Crippen LogP contribution in [0.5, 0.6) is 0 Å². The van der Waals surface area contributed by atoms with Crippen molar-refractivity contribution in [1.82, 2.24) is 5.32 Å². The summed E-state index contributed by atoms with van der Waals surface area (Å²) < 4.78 is 0. The summed E-state index contributed by atoms with van der Waals surface area (Å²) >= 11 is 0. The number of hydrogen-bond donors (Lipinski definition) is 3. The maximum atomic E-state index is 12.2. The lowest BCUT2D eigenvalue weighted by molar-refractivity contribution is -0.118. The highest BCUT2D eigenvalue weighted by atomic mass is 16.2. The van der Waals surface area contributed by atoms with Crippen LogP contribution in [0.25, 0.3) is 0 Å². The first-order valence-electron chi connectivity index (χ1n) is 7.55. The van der Waals surface area contributed by atoms with Crippen molar-refractivity contribution in [2.75, 3.05) is 17.2 Å². The van der Waals surface area contributed by atoms with Crippen molar-refractivity contribution in [3.8, 4) is 0 Å². The highest BCUT2D eigenvalue weighted by Gasteiger charge is 2.21. The van der Waals surface area contributed by atoms with Gasteiger partial charge in [-0.25, -0.2) is 0 Å². The van der Waals surface area contributed by atoms with Crippen LogP contribution >= 0.6 is 0 Å². The van der Waals surface area contributed by atoms with Crippen LogP contribution in [-0.2, 0) is 9.59 Å². The molecule has 21 heavy (non-hydrogen) atoms. The van der Waals surface area contributed by atoms with E-state index in [1.807, 2.05) is 32.0 Å². The molecule has 1 fully saturated rings. The molecule has 0 saturated carbocycles. The van der Waals surface area contributed by atoms with E-state index in [2.05, 4.69) is 16.0 Å². The second-order valence-electron chi connectivity index (χ2n) is 5.37. The summed E-state index contributed by atoms with van der Waals surface area (Å²) in [6, 6.07) is 5.42. The highest BCUT2D eigenvalue weighted by molar-refractivity contribution is 5.97. The van der Waals surface area contributed by atoms with Gasteiger partial charge >= 0.3 is 0 Å². The van der Waals surface area contributed by atoms with E-state index in [0.717, 1.165) is 42.7 Å². The molecule has 1 saturated heterocycles. The first-order chi connectivity index (χ1) is 10.1. The lowest BCUT2D eigenvalue weighted by Crippen LogP contribution is -2.43. The molecule has 5 heteroatoms. The number of carbonyl (C=O) groups excluding carboxylic acids is 2. The number of hydrogen-bond acceptors (Lipinski definition) is 3. The molecule has 0 radical (unpaired) electrons. The molecule has 1 aromatic rings. The third-order valence-electron chi connectivity index (χ3n) is 3.81. The number of anilines is 2. The molecule has 0 bridgehead atoms. The van der Waals surface area contributed by atoms with E-state index >= 15 is 0 Å². The van der Waals surface area contributed by atoms with Crippen LogP contribution in [-0.4, -0.2) is 24.4 Å². The first kappa shape index (κ1) is 15.5. The molecular weight excluding hydrogens is 266 g/mol. The molecule has 114 valence electrons. The minimum atomic E-state index is -0.118. The summed E-state index contributed by atoms with van der Waals surface area (Å²) in [6.45, 7) is 4.60. The summed E-state index contributed by atoms with van der Waals surface area (Å²) in [5, 5.41) is 9.04. The quantitative estimate of drug-likeness (QED) is 0.797. The van der Waals surface area contributed by atoms with Crippen molar-refractivity contribution in [3.05, 3.63) is 23.8 Å². The van der Waals surface area contributed by atoms with Crippen molar-refractivity contribution < 1.29 is 9.59 Å². The van der Waals surface area contributed by atoms with E-state index in [0.29, 0.717) is 6.42 Å². The van der Waals surface area contributed by atoms with E-state index in [-0.39, 0.29) is 17.9 Å². The van der Waals surface area contributed by atoms with E-state index in [4.69, 9.17) is 0 Å². The number of carbonyl (C=O) groups is 2. The smallest absolute Gasteiger partial charge is 0.241 e. The Hall–Kier alpha value is -1.88. The lowest BCUT2D eigenvalue weighted by atomic mass is 10.0. The third kappa shape index (κ3) is 4.04. The predicted molar refractivity (Wildman–Crippen MR) is 84.4 cm³/mol. The second-order valence-corrected chi connectivity index (χ2v) is 5.37. The number of rotatable bonds is 4. The van der Waals surface area contributed by atoms with Crippen LogP contribution in [0.15, 0.2) is 18.2 Å². The maximum absolute atomic E-state index is 12.2. The van der Waals surface area contributed by atoms with Gasteiger partial charge in [-0.1, -0.05) is 19.4 Å². The molecule has 5 nitrogen and oxygen atoms in total. The van der Waals surface area contributed by atoms with Crippen LogP contribution < -0.4 is 16.0 Å². The molecule has 2 amide bonds. The molecule has 1 aromatic carbocycles. The van der Waals surface area contributed by atoms with Crippen LogP contribution in [0.1, 0.15) is 38.2 Å². The number of benzene rings is 1. The Balaban J connectivity index is 2.07. The number of nitrogens with one attached hydrogen (secondary N) is 3. The van der Waals surface area contributed by atoms with E-state index in [1.165, 1.54) is 0 Å². The van der Waals surface area contributed by atoms with Crippen molar-refractivity contribution in [2.24, 2.45) is 0 Å². The SMILES string of the molecule is CCC(=O)Nc1cccc(NC(=O)[C@@H]2CCCCN2)c1C. The summed E-state index contributed by atoms with van der Waals surface area (Å²) in [5.41, 5.74) is 2.38. The monoisotopic (exact) mass is 289 g/mol. The maximum Gasteiger partial charge on any atom is 0.241 e. The molecule has 0 aromatic heterocycles. The summed E-state index contributed by atoms with van der Waals surface area (Å²) in [5.74, 6) is -0.0349. The van der Waals surface area contributed by atoms with Gasteiger partial charge in [0.05, 0.1) is 6.04 Å². The molecule has 2 rings (SSSR count). The second kappa shape index (κ2) is 7.22. The Morgan fingerprint density at radius 3 is 2.57 bits per heavy atom. The predicted octanol–water partition coefficient (Wildman–Crippen LogP) is 2.42. The van der Waals surface area contributed by atoms with E-state index in [9.17, 15) is 9.59 Å². The van der Waals surface area contributed by atoms with Gasteiger partial charge in [0.25, 0.3) is 0 Å². The topological polar surface area (TPSA) is 70.2 Å². The largest absolute Gasteiger partial charge is 0.326 e. The summed E-state index contributed by atoms with van der Waals surface area (Å²) in [7, 11) is 0. The van der Waals surface area contributed by atoms with Crippen molar-refractivity contribution >= 4 is 23.2 Å².